The van der Waals surface area contributed by atoms with Crippen molar-refractivity contribution in [3.8, 4) is 5.69 Å². The van der Waals surface area contributed by atoms with Crippen LogP contribution in [0.2, 0.25) is 5.02 Å². The molecule has 1 aromatic heterocycles. The fourth-order valence-electron chi connectivity index (χ4n) is 3.56. The number of sulfonamides is 1. The van der Waals surface area contributed by atoms with E-state index in [1.807, 2.05) is 4.72 Å². The molecule has 6 nitrogen and oxygen atoms in total. The van der Waals surface area contributed by atoms with Gasteiger partial charge in [-0.25, -0.2) is 13.4 Å². The summed E-state index contributed by atoms with van der Waals surface area (Å²) in [6.45, 7) is 1.52. The third kappa shape index (κ3) is 5.27. The Labute approximate surface area is 210 Å². The van der Waals surface area contributed by atoms with Crippen molar-refractivity contribution in [2.45, 2.75) is 24.2 Å². The van der Waals surface area contributed by atoms with Crippen LogP contribution in [0.4, 0.5) is 32.0 Å². The summed E-state index contributed by atoms with van der Waals surface area (Å²) < 4.78 is 108. The zero-order chi connectivity index (χ0) is 27.3. The lowest BCUT2D eigenvalue weighted by Crippen LogP contribution is -2.22. The van der Waals surface area contributed by atoms with Crippen LogP contribution in [0, 0.1) is 6.92 Å². The quantitative estimate of drug-likeness (QED) is 0.302. The smallest absolute Gasteiger partial charge is 0.278 e. The molecule has 1 heterocycles. The van der Waals surface area contributed by atoms with Crippen LogP contribution in [-0.2, 0) is 22.4 Å². The van der Waals surface area contributed by atoms with Crippen LogP contribution in [0.5, 0.6) is 0 Å². The Balaban J connectivity index is 1.82. The van der Waals surface area contributed by atoms with Gasteiger partial charge < -0.3 is 0 Å². The van der Waals surface area contributed by atoms with E-state index < -0.39 is 44.0 Å². The van der Waals surface area contributed by atoms with Crippen molar-refractivity contribution in [3.05, 3.63) is 93.0 Å². The molecule has 0 fully saturated rings. The van der Waals surface area contributed by atoms with Gasteiger partial charge in [0.25, 0.3) is 15.6 Å². The van der Waals surface area contributed by atoms with E-state index in [0.29, 0.717) is 5.52 Å². The van der Waals surface area contributed by atoms with Crippen LogP contribution in [0.3, 0.4) is 0 Å². The normalized spacial score (nSPS) is 12.6. The van der Waals surface area contributed by atoms with Gasteiger partial charge in [0.05, 0.1) is 43.3 Å². The summed E-state index contributed by atoms with van der Waals surface area (Å²) >= 11 is 6.07. The molecule has 194 valence electrons. The number of rotatable bonds is 4. The molecule has 0 atom stereocenters. The van der Waals surface area contributed by atoms with Crippen LogP contribution in [0.1, 0.15) is 17.0 Å². The Kier molecular flexibility index (Phi) is 6.49. The van der Waals surface area contributed by atoms with Gasteiger partial charge in [0.2, 0.25) is 0 Å². The molecule has 0 aliphatic heterocycles. The number of fused-ring (bicyclic) bond motifs is 1. The van der Waals surface area contributed by atoms with E-state index in [-0.39, 0.29) is 45.8 Å². The molecule has 0 aliphatic rings. The van der Waals surface area contributed by atoms with E-state index in [4.69, 9.17) is 11.6 Å². The summed E-state index contributed by atoms with van der Waals surface area (Å²) in [6.07, 6.45) is -10.5. The standard InChI is InChI=1S/C23H14ClF6N3O3S/c1-12-31-19-5-3-2-4-17(19)21(34)33(12)15-6-7-18(24)20(11-15)32-37(35,36)16-9-13(22(25,26)27)8-14(10-16)23(28,29)30/h2-11,32H,1H3. The molecule has 0 bridgehead atoms. The molecule has 4 rings (SSSR count). The number of anilines is 1. The minimum atomic E-state index is -5.25. The fourth-order valence-corrected chi connectivity index (χ4v) is 4.92. The number of aryl methyl sites for hydroxylation is 1. The minimum Gasteiger partial charge on any atom is -0.278 e. The summed E-state index contributed by atoms with van der Waals surface area (Å²) in [7, 11) is -4.99. The van der Waals surface area contributed by atoms with E-state index in [1.165, 1.54) is 25.1 Å². The van der Waals surface area contributed by atoms with Crippen molar-refractivity contribution in [2.75, 3.05) is 4.72 Å². The second kappa shape index (κ2) is 9.06. The Morgan fingerprint density at radius 1 is 0.892 bits per heavy atom. The number of hydrogen-bond acceptors (Lipinski definition) is 4. The molecular formula is C23H14ClF6N3O3S. The van der Waals surface area contributed by atoms with Gasteiger partial charge in [-0.15, -0.1) is 0 Å². The fraction of sp³-hybridized carbons (Fsp3) is 0.130. The molecule has 0 aliphatic carbocycles. The van der Waals surface area contributed by atoms with Crippen molar-refractivity contribution < 1.29 is 34.8 Å². The van der Waals surface area contributed by atoms with E-state index in [0.717, 1.165) is 10.6 Å². The molecule has 37 heavy (non-hydrogen) atoms. The van der Waals surface area contributed by atoms with Crippen molar-refractivity contribution >= 4 is 38.2 Å². The topological polar surface area (TPSA) is 81.1 Å². The number of hydrogen-bond donors (Lipinski definition) is 1. The molecule has 0 unspecified atom stereocenters. The van der Waals surface area contributed by atoms with Crippen molar-refractivity contribution in [2.24, 2.45) is 0 Å². The molecule has 0 amide bonds. The highest BCUT2D eigenvalue weighted by atomic mass is 35.5. The van der Waals surface area contributed by atoms with Crippen LogP contribution in [0.15, 0.2) is 70.4 Å². The molecular weight excluding hydrogens is 548 g/mol. The third-order valence-electron chi connectivity index (χ3n) is 5.27. The number of benzene rings is 3. The van der Waals surface area contributed by atoms with Gasteiger partial charge in [0.1, 0.15) is 5.82 Å². The first-order chi connectivity index (χ1) is 17.1. The third-order valence-corrected chi connectivity index (χ3v) is 6.94. The van der Waals surface area contributed by atoms with E-state index >= 15 is 0 Å². The SMILES string of the molecule is Cc1nc2ccccc2c(=O)n1-c1ccc(Cl)c(NS(=O)(=O)c2cc(C(F)(F)F)cc(C(F)(F)F)c2)c1. The first-order valence-corrected chi connectivity index (χ1v) is 12.0. The Hall–Kier alpha value is -3.58. The highest BCUT2D eigenvalue weighted by Gasteiger charge is 2.38. The summed E-state index contributed by atoms with van der Waals surface area (Å²) in [4.78, 5) is 16.1. The molecule has 4 aromatic rings. The first-order valence-electron chi connectivity index (χ1n) is 10.2. The highest BCUT2D eigenvalue weighted by Crippen LogP contribution is 2.38. The number of halogens is 7. The van der Waals surface area contributed by atoms with Gasteiger partial charge in [0, 0.05) is 0 Å². The zero-order valence-corrected chi connectivity index (χ0v) is 20.0. The average molecular weight is 562 g/mol. The second-order valence-electron chi connectivity index (χ2n) is 7.83. The Morgan fingerprint density at radius 3 is 2.08 bits per heavy atom. The number of para-hydroxylation sites is 1. The van der Waals surface area contributed by atoms with E-state index in [2.05, 4.69) is 4.98 Å². The summed E-state index contributed by atoms with van der Waals surface area (Å²) in [5.74, 6) is 0.229. The maximum Gasteiger partial charge on any atom is 0.416 e. The molecule has 0 saturated heterocycles. The number of alkyl halides is 6. The Morgan fingerprint density at radius 2 is 1.49 bits per heavy atom. The molecule has 1 N–H and O–H groups in total. The number of nitrogens with one attached hydrogen (secondary N) is 1. The average Bonchev–Trinajstić information content (AvgIpc) is 2.79. The van der Waals surface area contributed by atoms with Crippen LogP contribution < -0.4 is 10.3 Å². The molecule has 14 heteroatoms. The van der Waals surface area contributed by atoms with Gasteiger partial charge in [-0.05, 0) is 55.5 Å². The van der Waals surface area contributed by atoms with Crippen LogP contribution in [0.25, 0.3) is 16.6 Å². The highest BCUT2D eigenvalue weighted by molar-refractivity contribution is 7.92. The van der Waals surface area contributed by atoms with Crippen LogP contribution >= 0.6 is 11.6 Å². The second-order valence-corrected chi connectivity index (χ2v) is 9.92. The van der Waals surface area contributed by atoms with Crippen molar-refractivity contribution in [1.29, 1.82) is 0 Å². The molecule has 0 saturated carbocycles. The predicted octanol–water partition coefficient (Wildman–Crippen LogP) is 6.19. The zero-order valence-electron chi connectivity index (χ0n) is 18.4. The lowest BCUT2D eigenvalue weighted by Gasteiger charge is -2.16. The molecule has 0 spiro atoms. The maximum absolute atomic E-state index is 13.2. The van der Waals surface area contributed by atoms with Gasteiger partial charge in [0.15, 0.2) is 0 Å². The molecule has 3 aromatic carbocycles. The van der Waals surface area contributed by atoms with E-state index in [9.17, 15) is 39.6 Å². The number of nitrogens with zero attached hydrogens (tertiary/aromatic N) is 2. The van der Waals surface area contributed by atoms with Gasteiger partial charge >= 0.3 is 12.4 Å². The first kappa shape index (κ1) is 26.5. The van der Waals surface area contributed by atoms with Gasteiger partial charge in [-0.3, -0.25) is 14.1 Å². The number of aromatic nitrogens is 2. The van der Waals surface area contributed by atoms with Crippen LogP contribution in [-0.4, -0.2) is 18.0 Å². The summed E-state index contributed by atoms with van der Waals surface area (Å²) in [5.41, 5.74) is -3.96. The maximum atomic E-state index is 13.2. The monoisotopic (exact) mass is 561 g/mol. The molecule has 0 radical (unpaired) electrons. The lowest BCUT2D eigenvalue weighted by atomic mass is 10.1. The Bertz CT molecular complexity index is 1670. The summed E-state index contributed by atoms with van der Waals surface area (Å²) in [5, 5.41) is 0.0311. The summed E-state index contributed by atoms with van der Waals surface area (Å²) in [6, 6.07) is 10.1. The van der Waals surface area contributed by atoms with Crippen molar-refractivity contribution in [1.82, 2.24) is 9.55 Å². The van der Waals surface area contributed by atoms with E-state index in [1.54, 1.807) is 18.2 Å². The van der Waals surface area contributed by atoms with Gasteiger partial charge in [-0.2, -0.15) is 26.3 Å². The largest absolute Gasteiger partial charge is 0.416 e. The van der Waals surface area contributed by atoms with Crippen molar-refractivity contribution in [3.63, 3.8) is 0 Å². The lowest BCUT2D eigenvalue weighted by molar-refractivity contribution is -0.143. The van der Waals surface area contributed by atoms with Gasteiger partial charge in [-0.1, -0.05) is 23.7 Å². The minimum absolute atomic E-state index is 0.0806. The predicted molar refractivity (Wildman–Crippen MR) is 124 cm³/mol.